The Balaban J connectivity index is 2.00. The van der Waals surface area contributed by atoms with Crippen molar-refractivity contribution in [2.75, 3.05) is 11.9 Å². The molecule has 0 aliphatic heterocycles. The Morgan fingerprint density at radius 2 is 2.19 bits per heavy atom. The van der Waals surface area contributed by atoms with Crippen molar-refractivity contribution in [3.05, 3.63) is 23.8 Å². The topological polar surface area (TPSA) is 51.2 Å². The molecule has 2 aromatic rings. The van der Waals surface area contributed by atoms with Gasteiger partial charge >= 0.3 is 6.18 Å². The number of hydrogen-bond acceptors (Lipinski definition) is 4. The van der Waals surface area contributed by atoms with E-state index in [-0.39, 0.29) is 0 Å². The first-order chi connectivity index (χ1) is 9.74. The summed E-state index contributed by atoms with van der Waals surface area (Å²) in [4.78, 5) is 15.9. The molecule has 1 heterocycles. The van der Waals surface area contributed by atoms with Gasteiger partial charge in [-0.15, -0.1) is 0 Å². The highest BCUT2D eigenvalue weighted by Gasteiger charge is 2.30. The van der Waals surface area contributed by atoms with Crippen molar-refractivity contribution in [2.24, 2.45) is 0 Å². The molecular weight excluding hydrogens is 305 g/mol. The van der Waals surface area contributed by atoms with E-state index < -0.39 is 24.8 Å². The highest BCUT2D eigenvalue weighted by molar-refractivity contribution is 7.22. The SMILES string of the molecule is Cc1ccc2nc(NC(=O)[C@@H](C)OCC(F)(F)F)sc2c1. The third-order valence-electron chi connectivity index (χ3n) is 2.64. The van der Waals surface area contributed by atoms with Crippen molar-refractivity contribution in [1.82, 2.24) is 4.98 Å². The number of halogens is 3. The normalized spacial score (nSPS) is 13.4. The van der Waals surface area contributed by atoms with Crippen molar-refractivity contribution >= 4 is 32.6 Å². The smallest absolute Gasteiger partial charge is 0.359 e. The Morgan fingerprint density at radius 1 is 1.48 bits per heavy atom. The third-order valence-corrected chi connectivity index (χ3v) is 3.57. The molecule has 4 nitrogen and oxygen atoms in total. The number of carbonyl (C=O) groups excluding carboxylic acids is 1. The van der Waals surface area contributed by atoms with Gasteiger partial charge in [-0.2, -0.15) is 13.2 Å². The van der Waals surface area contributed by atoms with E-state index in [4.69, 9.17) is 0 Å². The molecular formula is C13H13F3N2O2S. The fourth-order valence-corrected chi connectivity index (χ4v) is 2.55. The fourth-order valence-electron chi connectivity index (χ4n) is 1.59. The first kappa shape index (κ1) is 15.7. The second kappa shape index (κ2) is 5.98. The fraction of sp³-hybridized carbons (Fsp3) is 0.385. The molecule has 0 aliphatic rings. The van der Waals surface area contributed by atoms with Crippen LogP contribution in [0.3, 0.4) is 0 Å². The molecule has 1 atom stereocenters. The molecule has 0 radical (unpaired) electrons. The molecule has 1 amide bonds. The number of benzene rings is 1. The van der Waals surface area contributed by atoms with E-state index in [1.807, 2.05) is 25.1 Å². The number of nitrogens with one attached hydrogen (secondary N) is 1. The number of thiazole rings is 1. The van der Waals surface area contributed by atoms with E-state index in [2.05, 4.69) is 15.0 Å². The van der Waals surface area contributed by atoms with Gasteiger partial charge in [0.1, 0.15) is 12.7 Å². The van der Waals surface area contributed by atoms with E-state index >= 15 is 0 Å². The molecule has 0 fully saturated rings. The van der Waals surface area contributed by atoms with E-state index in [1.165, 1.54) is 18.3 Å². The summed E-state index contributed by atoms with van der Waals surface area (Å²) in [6.45, 7) is 1.74. The van der Waals surface area contributed by atoms with Gasteiger partial charge in [0, 0.05) is 0 Å². The van der Waals surface area contributed by atoms with Gasteiger partial charge in [0.15, 0.2) is 5.13 Å². The van der Waals surface area contributed by atoms with Crippen LogP contribution in [0.1, 0.15) is 12.5 Å². The van der Waals surface area contributed by atoms with Crippen LogP contribution in [-0.4, -0.2) is 29.8 Å². The van der Waals surface area contributed by atoms with Gasteiger partial charge < -0.3 is 4.74 Å². The molecule has 0 spiro atoms. The first-order valence-electron chi connectivity index (χ1n) is 6.11. The largest absolute Gasteiger partial charge is 0.411 e. The highest BCUT2D eigenvalue weighted by Crippen LogP contribution is 2.26. The lowest BCUT2D eigenvalue weighted by Gasteiger charge is -2.13. The van der Waals surface area contributed by atoms with E-state index in [0.717, 1.165) is 15.8 Å². The molecule has 21 heavy (non-hydrogen) atoms. The Kier molecular flexibility index (Phi) is 4.48. The number of alkyl halides is 3. The summed E-state index contributed by atoms with van der Waals surface area (Å²) < 4.78 is 41.4. The van der Waals surface area contributed by atoms with Gasteiger partial charge in [0.2, 0.25) is 0 Å². The Hall–Kier alpha value is -1.67. The monoisotopic (exact) mass is 318 g/mol. The molecule has 8 heteroatoms. The van der Waals surface area contributed by atoms with Gasteiger partial charge in [-0.05, 0) is 31.5 Å². The minimum Gasteiger partial charge on any atom is -0.359 e. The third kappa shape index (κ3) is 4.40. The van der Waals surface area contributed by atoms with Gasteiger partial charge in [0.05, 0.1) is 10.2 Å². The zero-order chi connectivity index (χ0) is 15.6. The average Bonchev–Trinajstić information content (AvgIpc) is 2.76. The molecule has 0 aliphatic carbocycles. The van der Waals surface area contributed by atoms with E-state index in [0.29, 0.717) is 5.13 Å². The molecule has 2 rings (SSSR count). The Bertz CT molecular complexity index is 654. The summed E-state index contributed by atoms with van der Waals surface area (Å²) in [5, 5.41) is 2.80. The maximum atomic E-state index is 12.0. The van der Waals surface area contributed by atoms with E-state index in [9.17, 15) is 18.0 Å². The summed E-state index contributed by atoms with van der Waals surface area (Å²) in [5.41, 5.74) is 1.79. The van der Waals surface area contributed by atoms with Gasteiger partial charge in [-0.1, -0.05) is 17.4 Å². The number of carbonyl (C=O) groups is 1. The second-order valence-corrected chi connectivity index (χ2v) is 5.58. The van der Waals surface area contributed by atoms with Crippen LogP contribution < -0.4 is 5.32 Å². The lowest BCUT2D eigenvalue weighted by molar-refractivity contribution is -0.184. The molecule has 0 saturated carbocycles. The lowest BCUT2D eigenvalue weighted by atomic mass is 10.2. The number of hydrogen-bond donors (Lipinski definition) is 1. The standard InChI is InChI=1S/C13H13F3N2O2S/c1-7-3-4-9-10(5-7)21-12(17-9)18-11(19)8(2)20-6-13(14,15)16/h3-5,8H,6H2,1-2H3,(H,17,18,19)/t8-/m1/s1. The maximum absolute atomic E-state index is 12.0. The molecule has 114 valence electrons. The second-order valence-electron chi connectivity index (χ2n) is 4.55. The number of rotatable bonds is 4. The zero-order valence-corrected chi connectivity index (χ0v) is 12.1. The quantitative estimate of drug-likeness (QED) is 0.938. The van der Waals surface area contributed by atoms with Crippen molar-refractivity contribution < 1.29 is 22.7 Å². The molecule has 0 bridgehead atoms. The van der Waals surface area contributed by atoms with Crippen molar-refractivity contribution in [1.29, 1.82) is 0 Å². The number of aromatic nitrogens is 1. The van der Waals surface area contributed by atoms with Crippen LogP contribution in [0, 0.1) is 6.92 Å². The highest BCUT2D eigenvalue weighted by atomic mass is 32.1. The van der Waals surface area contributed by atoms with Crippen LogP contribution >= 0.6 is 11.3 Å². The van der Waals surface area contributed by atoms with Crippen LogP contribution in [0.15, 0.2) is 18.2 Å². The van der Waals surface area contributed by atoms with Crippen LogP contribution in [0.2, 0.25) is 0 Å². The zero-order valence-electron chi connectivity index (χ0n) is 11.3. The minimum absolute atomic E-state index is 0.336. The van der Waals surface area contributed by atoms with Crippen LogP contribution in [-0.2, 0) is 9.53 Å². The molecule has 1 aromatic carbocycles. The molecule has 0 saturated heterocycles. The Labute approximate surface area is 122 Å². The van der Waals surface area contributed by atoms with Gasteiger partial charge in [-0.3, -0.25) is 10.1 Å². The van der Waals surface area contributed by atoms with Crippen LogP contribution in [0.5, 0.6) is 0 Å². The Morgan fingerprint density at radius 3 is 2.86 bits per heavy atom. The number of fused-ring (bicyclic) bond motifs is 1. The summed E-state index contributed by atoms with van der Waals surface area (Å²) in [6, 6.07) is 5.63. The number of anilines is 1. The lowest BCUT2D eigenvalue weighted by Crippen LogP contribution is -2.31. The maximum Gasteiger partial charge on any atom is 0.411 e. The molecule has 0 unspecified atom stereocenters. The van der Waals surface area contributed by atoms with E-state index in [1.54, 1.807) is 0 Å². The predicted octanol–water partition coefficient (Wildman–Crippen LogP) is 3.51. The number of nitrogens with zero attached hydrogens (tertiary/aromatic N) is 1. The number of amides is 1. The molecule has 1 aromatic heterocycles. The summed E-state index contributed by atoms with van der Waals surface area (Å²) in [7, 11) is 0. The minimum atomic E-state index is -4.46. The predicted molar refractivity (Wildman–Crippen MR) is 74.5 cm³/mol. The van der Waals surface area contributed by atoms with Crippen molar-refractivity contribution in [3.8, 4) is 0 Å². The first-order valence-corrected chi connectivity index (χ1v) is 6.93. The van der Waals surface area contributed by atoms with Crippen LogP contribution in [0.25, 0.3) is 10.2 Å². The number of aryl methyl sites for hydroxylation is 1. The summed E-state index contributed by atoms with van der Waals surface area (Å²) >= 11 is 1.26. The van der Waals surface area contributed by atoms with Gasteiger partial charge in [0.25, 0.3) is 5.91 Å². The van der Waals surface area contributed by atoms with Crippen molar-refractivity contribution in [3.63, 3.8) is 0 Å². The summed E-state index contributed by atoms with van der Waals surface area (Å²) in [5.74, 6) is -0.657. The number of ether oxygens (including phenoxy) is 1. The van der Waals surface area contributed by atoms with Gasteiger partial charge in [-0.25, -0.2) is 4.98 Å². The average molecular weight is 318 g/mol. The molecule has 1 N–H and O–H groups in total. The van der Waals surface area contributed by atoms with Crippen LogP contribution in [0.4, 0.5) is 18.3 Å². The van der Waals surface area contributed by atoms with Crippen molar-refractivity contribution in [2.45, 2.75) is 26.1 Å². The summed E-state index contributed by atoms with van der Waals surface area (Å²) in [6.07, 6.45) is -5.66.